The number of nitrogens with one attached hydrogen (secondary N) is 2. The number of halogens is 2. The van der Waals surface area contributed by atoms with Crippen LogP contribution in [0.1, 0.15) is 49.2 Å². The van der Waals surface area contributed by atoms with E-state index in [9.17, 15) is 19.2 Å². The van der Waals surface area contributed by atoms with Gasteiger partial charge in [-0.1, -0.05) is 35.3 Å². The monoisotopic (exact) mass is 519 g/mol. The van der Waals surface area contributed by atoms with Gasteiger partial charge in [0.25, 0.3) is 16.8 Å². The Kier molecular flexibility index (Phi) is 8.48. The van der Waals surface area contributed by atoms with Crippen LogP contribution in [0.2, 0.25) is 10.0 Å². The van der Waals surface area contributed by atoms with Crippen LogP contribution in [0.15, 0.2) is 46.2 Å². The van der Waals surface area contributed by atoms with Crippen molar-refractivity contribution in [2.45, 2.75) is 39.3 Å². The Labute approximate surface area is 211 Å². The molecule has 35 heavy (non-hydrogen) atoms. The third-order valence-electron chi connectivity index (χ3n) is 4.87. The molecule has 0 saturated carbocycles. The molecule has 0 aliphatic heterocycles. The van der Waals surface area contributed by atoms with Gasteiger partial charge < -0.3 is 20.1 Å². The first-order valence-corrected chi connectivity index (χ1v) is 11.5. The van der Waals surface area contributed by atoms with Crippen LogP contribution in [-0.4, -0.2) is 29.6 Å². The molecule has 3 rings (SSSR count). The largest absolute Gasteiger partial charge is 0.485 e. The molecule has 1 aromatic heterocycles. The van der Waals surface area contributed by atoms with Gasteiger partial charge in [-0.2, -0.15) is 0 Å². The second-order valence-electron chi connectivity index (χ2n) is 7.79. The number of carbonyl (C=O) groups is 2. The van der Waals surface area contributed by atoms with Gasteiger partial charge in [0.1, 0.15) is 5.69 Å². The summed E-state index contributed by atoms with van der Waals surface area (Å²) in [4.78, 5) is 52.7. The number of esters is 1. The first-order valence-electron chi connectivity index (χ1n) is 10.7. The van der Waals surface area contributed by atoms with E-state index in [1.54, 1.807) is 45.0 Å². The Balaban J connectivity index is 1.83. The average molecular weight is 520 g/mol. The first kappa shape index (κ1) is 26.2. The van der Waals surface area contributed by atoms with Crippen molar-refractivity contribution in [2.24, 2.45) is 0 Å². The fraction of sp³-hybridized carbons (Fsp3) is 0.292. The molecule has 0 radical (unpaired) electrons. The topological polar surface area (TPSA) is 124 Å². The summed E-state index contributed by atoms with van der Waals surface area (Å²) < 4.78 is 10.5. The number of anilines is 2. The molecular formula is C24H23Cl2N3O6. The Morgan fingerprint density at radius 2 is 1.66 bits per heavy atom. The molecule has 9 nitrogen and oxygen atoms in total. The maximum Gasteiger partial charge on any atom is 0.308 e. The lowest BCUT2D eigenvalue weighted by Crippen LogP contribution is -2.38. The smallest absolute Gasteiger partial charge is 0.308 e. The molecule has 184 valence electrons. The normalized spacial score (nSPS) is 11.8. The number of pyridine rings is 1. The summed E-state index contributed by atoms with van der Waals surface area (Å²) >= 11 is 12.1. The van der Waals surface area contributed by atoms with Gasteiger partial charge in [-0.05, 0) is 38.5 Å². The average Bonchev–Trinajstić information content (AvgIpc) is 2.80. The van der Waals surface area contributed by atoms with Gasteiger partial charge in [-0.15, -0.1) is 0 Å². The van der Waals surface area contributed by atoms with Crippen molar-refractivity contribution in [1.29, 1.82) is 0 Å². The first-order chi connectivity index (χ1) is 16.6. The van der Waals surface area contributed by atoms with E-state index in [2.05, 4.69) is 15.6 Å². The van der Waals surface area contributed by atoms with Crippen molar-refractivity contribution in [1.82, 2.24) is 4.98 Å². The van der Waals surface area contributed by atoms with Crippen molar-refractivity contribution in [3.8, 4) is 5.75 Å². The van der Waals surface area contributed by atoms with Crippen molar-refractivity contribution >= 4 is 46.5 Å². The number of ether oxygens (including phenoxy) is 2. The molecule has 0 unspecified atom stereocenters. The molecular weight excluding hydrogens is 497 g/mol. The Morgan fingerprint density at radius 3 is 2.23 bits per heavy atom. The van der Waals surface area contributed by atoms with Crippen LogP contribution in [0, 0.1) is 0 Å². The standard InChI is InChI=1S/C24H23Cl2N3O6/c1-4-34-18(30)9-17(29-20-21(31)22(32)23(20)35-12(2)3)13-5-7-14(8-6-13)28-24(33)19-15(25)10-27-11-16(19)26/h5-8,10-12,17,29H,4,9H2,1-3H3,(H,28,33)/t17-/m0/s1. The van der Waals surface area contributed by atoms with E-state index >= 15 is 0 Å². The Hall–Kier alpha value is -3.43. The van der Waals surface area contributed by atoms with Crippen molar-refractivity contribution in [2.75, 3.05) is 17.2 Å². The zero-order chi connectivity index (χ0) is 25.7. The van der Waals surface area contributed by atoms with Gasteiger partial charge in [-0.25, -0.2) is 0 Å². The lowest BCUT2D eigenvalue weighted by Gasteiger charge is -2.23. The molecule has 0 aliphatic carbocycles. The Bertz CT molecular complexity index is 1280. The van der Waals surface area contributed by atoms with Gasteiger partial charge >= 0.3 is 5.97 Å². The summed E-state index contributed by atoms with van der Waals surface area (Å²) in [7, 11) is 0. The van der Waals surface area contributed by atoms with Crippen LogP contribution in [0.4, 0.5) is 11.4 Å². The molecule has 1 atom stereocenters. The molecule has 3 aromatic rings. The highest BCUT2D eigenvalue weighted by molar-refractivity contribution is 6.40. The molecule has 1 amide bonds. The summed E-state index contributed by atoms with van der Waals surface area (Å²) in [6.07, 6.45) is 2.21. The molecule has 0 saturated heterocycles. The summed E-state index contributed by atoms with van der Waals surface area (Å²) in [5.41, 5.74) is -0.286. The number of hydrogen-bond donors (Lipinski definition) is 2. The summed E-state index contributed by atoms with van der Waals surface area (Å²) in [5.74, 6) is -1.07. The predicted octanol–water partition coefficient (Wildman–Crippen LogP) is 4.13. The van der Waals surface area contributed by atoms with Gasteiger partial charge in [0.2, 0.25) is 0 Å². The number of amides is 1. The van der Waals surface area contributed by atoms with Crippen LogP contribution >= 0.6 is 23.2 Å². The highest BCUT2D eigenvalue weighted by atomic mass is 35.5. The third kappa shape index (κ3) is 6.17. The molecule has 1 heterocycles. The number of carbonyl (C=O) groups excluding carboxylic acids is 2. The number of hydrogen-bond acceptors (Lipinski definition) is 8. The minimum atomic E-state index is -0.720. The van der Waals surface area contributed by atoms with E-state index in [-0.39, 0.29) is 46.2 Å². The van der Waals surface area contributed by atoms with Gasteiger partial charge in [0, 0.05) is 18.1 Å². The fourth-order valence-electron chi connectivity index (χ4n) is 3.28. The number of aromatic nitrogens is 1. The summed E-state index contributed by atoms with van der Waals surface area (Å²) in [6.45, 7) is 5.34. The highest BCUT2D eigenvalue weighted by Gasteiger charge is 2.27. The lowest BCUT2D eigenvalue weighted by atomic mass is 10.0. The van der Waals surface area contributed by atoms with E-state index in [1.165, 1.54) is 12.4 Å². The molecule has 0 aliphatic rings. The minimum Gasteiger partial charge on any atom is -0.485 e. The SMILES string of the molecule is CCOC(=O)C[C@H](Nc1c(OC(C)C)c(=O)c1=O)c1ccc(NC(=O)c2c(Cl)cncc2Cl)cc1. The summed E-state index contributed by atoms with van der Waals surface area (Å²) in [6, 6.07) is 5.86. The maximum atomic E-state index is 12.6. The molecule has 0 spiro atoms. The van der Waals surface area contributed by atoms with Crippen LogP contribution in [-0.2, 0) is 9.53 Å². The van der Waals surface area contributed by atoms with Crippen LogP contribution < -0.4 is 26.2 Å². The fourth-order valence-corrected chi connectivity index (χ4v) is 3.82. The highest BCUT2D eigenvalue weighted by Crippen LogP contribution is 2.29. The quantitative estimate of drug-likeness (QED) is 0.302. The van der Waals surface area contributed by atoms with Crippen LogP contribution in [0.25, 0.3) is 0 Å². The Morgan fingerprint density at radius 1 is 1.03 bits per heavy atom. The second kappa shape index (κ2) is 11.3. The number of rotatable bonds is 10. The van der Waals surface area contributed by atoms with Crippen molar-refractivity contribution < 1.29 is 19.1 Å². The second-order valence-corrected chi connectivity index (χ2v) is 8.60. The predicted molar refractivity (Wildman–Crippen MR) is 133 cm³/mol. The van der Waals surface area contributed by atoms with E-state index in [0.29, 0.717) is 11.3 Å². The summed E-state index contributed by atoms with van der Waals surface area (Å²) in [5, 5.41) is 5.86. The van der Waals surface area contributed by atoms with E-state index in [1.807, 2.05) is 0 Å². The molecule has 0 fully saturated rings. The lowest BCUT2D eigenvalue weighted by molar-refractivity contribution is -0.143. The van der Waals surface area contributed by atoms with Gasteiger partial charge in [0.05, 0.1) is 40.8 Å². The van der Waals surface area contributed by atoms with E-state index < -0.39 is 28.8 Å². The van der Waals surface area contributed by atoms with Crippen LogP contribution in [0.5, 0.6) is 5.75 Å². The van der Waals surface area contributed by atoms with E-state index in [0.717, 1.165) is 0 Å². The molecule has 2 N–H and O–H groups in total. The zero-order valence-corrected chi connectivity index (χ0v) is 20.7. The minimum absolute atomic E-state index is 0.0114. The third-order valence-corrected chi connectivity index (χ3v) is 5.44. The molecule has 2 aromatic carbocycles. The number of nitrogens with zero attached hydrogens (tertiary/aromatic N) is 1. The van der Waals surface area contributed by atoms with E-state index in [4.69, 9.17) is 32.7 Å². The number of benzene rings is 1. The maximum absolute atomic E-state index is 12.6. The van der Waals surface area contributed by atoms with Gasteiger partial charge in [0.15, 0.2) is 5.75 Å². The van der Waals surface area contributed by atoms with Crippen LogP contribution in [0.3, 0.4) is 0 Å². The molecule has 11 heteroatoms. The van der Waals surface area contributed by atoms with Crippen molar-refractivity contribution in [3.63, 3.8) is 0 Å². The van der Waals surface area contributed by atoms with Gasteiger partial charge in [-0.3, -0.25) is 24.2 Å². The van der Waals surface area contributed by atoms with Crippen molar-refractivity contribution in [3.05, 3.63) is 78.3 Å². The zero-order valence-electron chi connectivity index (χ0n) is 19.2. The molecule has 0 bridgehead atoms.